The predicted molar refractivity (Wildman–Crippen MR) is 120 cm³/mol. The van der Waals surface area contributed by atoms with Crippen LogP contribution in [0, 0.1) is 5.92 Å². The van der Waals surface area contributed by atoms with E-state index in [2.05, 4.69) is 27.1 Å². The van der Waals surface area contributed by atoms with Crippen molar-refractivity contribution in [2.24, 2.45) is 5.92 Å². The van der Waals surface area contributed by atoms with Gasteiger partial charge in [-0.05, 0) is 42.9 Å². The Morgan fingerprint density at radius 2 is 2.00 bits per heavy atom. The molecule has 0 unspecified atom stereocenters. The van der Waals surface area contributed by atoms with Crippen LogP contribution in [0.1, 0.15) is 48.7 Å². The Kier molecular flexibility index (Phi) is 8.07. The standard InChI is InChI=1S/C22H28N4O3S/c1-2-10-26(13-16-3-4-16)20-12-19(23-15-24-20)22(29)25-18-7-5-17(6-8-18)14-30-11-9-21(27)28/h5-8,12,15-16H,2-4,9-11,13-14H2,1H3,(H,25,29)(H,27,28). The number of rotatable bonds is 12. The summed E-state index contributed by atoms with van der Waals surface area (Å²) in [6, 6.07) is 9.34. The molecule has 1 fully saturated rings. The molecule has 1 amide bonds. The van der Waals surface area contributed by atoms with E-state index in [1.165, 1.54) is 19.2 Å². The van der Waals surface area contributed by atoms with Crippen LogP contribution in [0.2, 0.25) is 0 Å². The molecule has 3 rings (SSSR count). The van der Waals surface area contributed by atoms with Gasteiger partial charge in [0.05, 0.1) is 6.42 Å². The van der Waals surface area contributed by atoms with Crippen molar-refractivity contribution < 1.29 is 14.7 Å². The molecule has 0 atom stereocenters. The van der Waals surface area contributed by atoms with Crippen LogP contribution >= 0.6 is 11.8 Å². The van der Waals surface area contributed by atoms with Crippen molar-refractivity contribution in [3.8, 4) is 0 Å². The van der Waals surface area contributed by atoms with Crippen LogP contribution in [0.25, 0.3) is 0 Å². The summed E-state index contributed by atoms with van der Waals surface area (Å²) < 4.78 is 0. The van der Waals surface area contributed by atoms with Crippen LogP contribution in [0.3, 0.4) is 0 Å². The van der Waals surface area contributed by atoms with Gasteiger partial charge in [0, 0.05) is 36.3 Å². The van der Waals surface area contributed by atoms with Crippen LogP contribution in [0.15, 0.2) is 36.7 Å². The molecule has 1 aromatic carbocycles. The summed E-state index contributed by atoms with van der Waals surface area (Å²) in [4.78, 5) is 34.0. The Bertz CT molecular complexity index is 856. The van der Waals surface area contributed by atoms with E-state index in [1.54, 1.807) is 17.8 Å². The highest BCUT2D eigenvalue weighted by molar-refractivity contribution is 7.98. The van der Waals surface area contributed by atoms with Gasteiger partial charge >= 0.3 is 5.97 Å². The van der Waals surface area contributed by atoms with Gasteiger partial charge in [-0.15, -0.1) is 0 Å². The van der Waals surface area contributed by atoms with Gasteiger partial charge in [0.2, 0.25) is 0 Å². The number of benzene rings is 1. The molecule has 1 aliphatic rings. The fourth-order valence-electron chi connectivity index (χ4n) is 3.05. The Morgan fingerprint density at radius 3 is 2.67 bits per heavy atom. The van der Waals surface area contributed by atoms with Gasteiger partial charge in [-0.2, -0.15) is 11.8 Å². The first-order chi connectivity index (χ1) is 14.5. The number of aliphatic carboxylic acids is 1. The van der Waals surface area contributed by atoms with E-state index in [0.29, 0.717) is 17.1 Å². The van der Waals surface area contributed by atoms with Crippen LogP contribution < -0.4 is 10.2 Å². The lowest BCUT2D eigenvalue weighted by Crippen LogP contribution is -2.28. The summed E-state index contributed by atoms with van der Waals surface area (Å²) in [5.41, 5.74) is 2.14. The van der Waals surface area contributed by atoms with E-state index in [0.717, 1.165) is 42.6 Å². The largest absolute Gasteiger partial charge is 0.481 e. The topological polar surface area (TPSA) is 95.4 Å². The molecule has 7 nitrogen and oxygen atoms in total. The zero-order valence-electron chi connectivity index (χ0n) is 17.2. The van der Waals surface area contributed by atoms with Crippen LogP contribution in [0.4, 0.5) is 11.5 Å². The quantitative estimate of drug-likeness (QED) is 0.492. The third kappa shape index (κ3) is 7.02. The monoisotopic (exact) mass is 428 g/mol. The van der Waals surface area contributed by atoms with Crippen LogP contribution in [0.5, 0.6) is 0 Å². The van der Waals surface area contributed by atoms with Crippen LogP contribution in [-0.2, 0) is 10.5 Å². The minimum atomic E-state index is -0.779. The zero-order chi connectivity index (χ0) is 21.3. The number of hydrogen-bond donors (Lipinski definition) is 2. The lowest BCUT2D eigenvalue weighted by Gasteiger charge is -2.23. The van der Waals surface area contributed by atoms with Gasteiger partial charge in [-0.3, -0.25) is 9.59 Å². The van der Waals surface area contributed by atoms with Gasteiger partial charge < -0.3 is 15.3 Å². The highest BCUT2D eigenvalue weighted by atomic mass is 32.2. The smallest absolute Gasteiger partial charge is 0.304 e. The fraction of sp³-hybridized carbons (Fsp3) is 0.455. The number of amides is 1. The average Bonchev–Trinajstić information content (AvgIpc) is 3.56. The molecular formula is C22H28N4O3S. The molecule has 0 bridgehead atoms. The van der Waals surface area contributed by atoms with Crippen molar-refractivity contribution in [2.75, 3.05) is 29.1 Å². The normalized spacial score (nSPS) is 13.1. The molecule has 1 aromatic heterocycles. The minimum Gasteiger partial charge on any atom is -0.481 e. The predicted octanol–water partition coefficient (Wildman–Crippen LogP) is 4.06. The maximum absolute atomic E-state index is 12.7. The summed E-state index contributed by atoms with van der Waals surface area (Å²) in [6.45, 7) is 4.04. The number of carbonyl (C=O) groups is 2. The van der Waals surface area contributed by atoms with Crippen molar-refractivity contribution in [1.29, 1.82) is 0 Å². The second-order valence-corrected chi connectivity index (χ2v) is 8.60. The molecule has 1 saturated carbocycles. The number of carboxylic acid groups (broad SMARTS) is 1. The number of aromatic nitrogens is 2. The molecule has 1 heterocycles. The Morgan fingerprint density at radius 1 is 1.23 bits per heavy atom. The Hall–Kier alpha value is -2.61. The van der Waals surface area contributed by atoms with Crippen molar-refractivity contribution in [2.45, 2.75) is 38.4 Å². The van der Waals surface area contributed by atoms with Crippen molar-refractivity contribution in [3.63, 3.8) is 0 Å². The van der Waals surface area contributed by atoms with E-state index < -0.39 is 5.97 Å². The van der Waals surface area contributed by atoms with E-state index >= 15 is 0 Å². The lowest BCUT2D eigenvalue weighted by atomic mass is 10.2. The maximum atomic E-state index is 12.7. The fourth-order valence-corrected chi connectivity index (χ4v) is 3.95. The third-order valence-corrected chi connectivity index (χ3v) is 5.85. The number of nitrogens with one attached hydrogen (secondary N) is 1. The average molecular weight is 429 g/mol. The van der Waals surface area contributed by atoms with Crippen LogP contribution in [-0.4, -0.2) is 45.8 Å². The number of anilines is 2. The van der Waals surface area contributed by atoms with Gasteiger partial charge in [-0.25, -0.2) is 9.97 Å². The van der Waals surface area contributed by atoms with E-state index in [1.807, 2.05) is 24.3 Å². The molecule has 0 aliphatic heterocycles. The molecule has 8 heteroatoms. The lowest BCUT2D eigenvalue weighted by molar-refractivity contribution is -0.136. The van der Waals surface area contributed by atoms with Gasteiger partial charge in [0.25, 0.3) is 5.91 Å². The van der Waals surface area contributed by atoms with Gasteiger partial charge in [-0.1, -0.05) is 19.1 Å². The molecule has 1 aliphatic carbocycles. The molecular weight excluding hydrogens is 400 g/mol. The van der Waals surface area contributed by atoms with E-state index in [4.69, 9.17) is 5.11 Å². The SMILES string of the molecule is CCCN(CC1CC1)c1cc(C(=O)Nc2ccc(CSCCC(=O)O)cc2)ncn1. The second kappa shape index (κ2) is 11.0. The van der Waals surface area contributed by atoms with Gasteiger partial charge in [0.15, 0.2) is 0 Å². The van der Waals surface area contributed by atoms with E-state index in [9.17, 15) is 9.59 Å². The van der Waals surface area contributed by atoms with E-state index in [-0.39, 0.29) is 12.3 Å². The van der Waals surface area contributed by atoms with Crippen molar-refractivity contribution >= 4 is 35.1 Å². The van der Waals surface area contributed by atoms with Crippen molar-refractivity contribution in [3.05, 3.63) is 47.9 Å². The first-order valence-electron chi connectivity index (χ1n) is 10.3. The van der Waals surface area contributed by atoms with Crippen molar-refractivity contribution in [1.82, 2.24) is 9.97 Å². The highest BCUT2D eigenvalue weighted by Gasteiger charge is 2.25. The first kappa shape index (κ1) is 22.1. The summed E-state index contributed by atoms with van der Waals surface area (Å²) in [5.74, 6) is 1.83. The molecule has 0 radical (unpaired) electrons. The first-order valence-corrected chi connectivity index (χ1v) is 11.5. The molecule has 2 aromatic rings. The molecule has 2 N–H and O–H groups in total. The summed E-state index contributed by atoms with van der Waals surface area (Å²) in [7, 11) is 0. The third-order valence-electron chi connectivity index (χ3n) is 4.82. The second-order valence-electron chi connectivity index (χ2n) is 7.50. The summed E-state index contributed by atoms with van der Waals surface area (Å²) in [5, 5.41) is 11.6. The number of thioether (sulfide) groups is 1. The number of carboxylic acids is 1. The maximum Gasteiger partial charge on any atom is 0.304 e. The number of nitrogens with zero attached hydrogens (tertiary/aromatic N) is 3. The number of hydrogen-bond acceptors (Lipinski definition) is 6. The van der Waals surface area contributed by atoms with Gasteiger partial charge in [0.1, 0.15) is 17.8 Å². The number of carbonyl (C=O) groups excluding carboxylic acids is 1. The molecule has 160 valence electrons. The highest BCUT2D eigenvalue weighted by Crippen LogP contribution is 2.31. The Balaban J connectivity index is 1.56. The molecule has 0 saturated heterocycles. The minimum absolute atomic E-state index is 0.163. The molecule has 30 heavy (non-hydrogen) atoms. The zero-order valence-corrected chi connectivity index (χ0v) is 18.0. The summed E-state index contributed by atoms with van der Waals surface area (Å²) in [6.07, 6.45) is 5.19. The molecule has 0 spiro atoms. The Labute approximate surface area is 181 Å². The summed E-state index contributed by atoms with van der Waals surface area (Å²) >= 11 is 1.58.